The van der Waals surface area contributed by atoms with E-state index in [9.17, 15) is 4.79 Å². The van der Waals surface area contributed by atoms with Crippen LogP contribution in [0.4, 0.5) is 5.82 Å². The monoisotopic (exact) mass is 454 g/mol. The summed E-state index contributed by atoms with van der Waals surface area (Å²) in [7, 11) is 1.57. The third kappa shape index (κ3) is 4.79. The quantitative estimate of drug-likeness (QED) is 0.568. The van der Waals surface area contributed by atoms with E-state index in [1.165, 1.54) is 6.33 Å². The van der Waals surface area contributed by atoms with Crippen molar-refractivity contribution in [2.45, 2.75) is 52.5 Å². The number of aryl methyl sites for hydroxylation is 2. The summed E-state index contributed by atoms with van der Waals surface area (Å²) in [6.07, 6.45) is 4.92. The number of carbonyl (C=O) groups excluding carboxylic acids is 1. The van der Waals surface area contributed by atoms with E-state index in [2.05, 4.69) is 25.3 Å². The van der Waals surface area contributed by atoms with Crippen LogP contribution in [-0.2, 0) is 20.8 Å². The van der Waals surface area contributed by atoms with Crippen molar-refractivity contribution >= 4 is 22.9 Å². The van der Waals surface area contributed by atoms with E-state index in [1.807, 2.05) is 37.2 Å². The number of imidazole rings is 1. The summed E-state index contributed by atoms with van der Waals surface area (Å²) in [6, 6.07) is -0.622. The van der Waals surface area contributed by atoms with Crippen LogP contribution in [0.25, 0.3) is 22.6 Å². The Morgan fingerprint density at radius 2 is 1.91 bits per heavy atom. The number of ether oxygens (including phenoxy) is 2. The molecule has 33 heavy (non-hydrogen) atoms. The summed E-state index contributed by atoms with van der Waals surface area (Å²) in [5.41, 5.74) is 2.03. The normalized spacial score (nSPS) is 19.6. The van der Waals surface area contributed by atoms with Gasteiger partial charge in [-0.05, 0) is 27.7 Å². The predicted molar refractivity (Wildman–Crippen MR) is 123 cm³/mol. The second-order valence-corrected chi connectivity index (χ2v) is 8.25. The van der Waals surface area contributed by atoms with Crippen LogP contribution < -0.4 is 5.32 Å². The van der Waals surface area contributed by atoms with Gasteiger partial charge >= 0.3 is 0 Å². The van der Waals surface area contributed by atoms with E-state index in [0.29, 0.717) is 48.3 Å². The van der Waals surface area contributed by atoms with E-state index in [1.54, 1.807) is 19.5 Å². The van der Waals surface area contributed by atoms with Crippen molar-refractivity contribution in [3.63, 3.8) is 0 Å². The first kappa shape index (κ1) is 23.0. The molecule has 0 bridgehead atoms. The fourth-order valence-electron chi connectivity index (χ4n) is 4.15. The highest BCUT2D eigenvalue weighted by molar-refractivity contribution is 5.90. The Bertz CT molecular complexity index is 1110. The Morgan fingerprint density at radius 3 is 2.55 bits per heavy atom. The summed E-state index contributed by atoms with van der Waals surface area (Å²) < 4.78 is 13.1. The molecule has 3 aromatic heterocycles. The lowest BCUT2D eigenvalue weighted by atomic mass is 10.2. The van der Waals surface area contributed by atoms with Gasteiger partial charge < -0.3 is 24.3 Å². The predicted octanol–water partition coefficient (Wildman–Crippen LogP) is 1.67. The van der Waals surface area contributed by atoms with Gasteiger partial charge in [0.2, 0.25) is 5.91 Å². The van der Waals surface area contributed by atoms with Gasteiger partial charge in [-0.3, -0.25) is 4.79 Å². The minimum atomic E-state index is -0.622. The summed E-state index contributed by atoms with van der Waals surface area (Å²) in [4.78, 5) is 37.4. The molecule has 0 radical (unpaired) electrons. The zero-order valence-corrected chi connectivity index (χ0v) is 19.6. The lowest BCUT2D eigenvalue weighted by Gasteiger charge is -2.37. The fraction of sp³-hybridized carbons (Fsp3) is 0.545. The van der Waals surface area contributed by atoms with Crippen LogP contribution in [0.3, 0.4) is 0 Å². The number of aromatic nitrogens is 6. The maximum atomic E-state index is 13.3. The number of amides is 1. The lowest BCUT2D eigenvalue weighted by molar-refractivity contribution is -0.145. The van der Waals surface area contributed by atoms with Crippen LogP contribution >= 0.6 is 0 Å². The minimum Gasteiger partial charge on any atom is -0.382 e. The average molecular weight is 455 g/mol. The van der Waals surface area contributed by atoms with Crippen molar-refractivity contribution in [2.24, 2.45) is 0 Å². The van der Waals surface area contributed by atoms with E-state index >= 15 is 0 Å². The summed E-state index contributed by atoms with van der Waals surface area (Å²) in [5, 5.41) is 3.26. The molecule has 1 saturated heterocycles. The Balaban J connectivity index is 1.68. The van der Waals surface area contributed by atoms with E-state index in [4.69, 9.17) is 14.5 Å². The summed E-state index contributed by atoms with van der Waals surface area (Å²) in [5.74, 6) is 1.80. The SMILES string of the molecule is CCn1c(-c2cnc(C)nc2)nc2c(N[C@H](COC)C(=O)N3C[C@@H](C)O[C@@H](C)C3)ncnc21. The molecule has 1 aliphatic rings. The molecule has 3 aromatic rings. The van der Waals surface area contributed by atoms with Gasteiger partial charge in [0.15, 0.2) is 17.0 Å². The maximum absolute atomic E-state index is 13.3. The van der Waals surface area contributed by atoms with Crippen LogP contribution in [0.5, 0.6) is 0 Å². The first-order valence-corrected chi connectivity index (χ1v) is 11.1. The highest BCUT2D eigenvalue weighted by Gasteiger charge is 2.31. The number of fused-ring (bicyclic) bond motifs is 1. The van der Waals surface area contributed by atoms with Crippen LogP contribution in [0.15, 0.2) is 18.7 Å². The van der Waals surface area contributed by atoms with Crippen molar-refractivity contribution in [2.75, 3.05) is 32.1 Å². The molecule has 4 heterocycles. The van der Waals surface area contributed by atoms with Crippen molar-refractivity contribution in [1.82, 2.24) is 34.4 Å². The Kier molecular flexibility index (Phi) is 6.80. The van der Waals surface area contributed by atoms with Crippen LogP contribution in [0.2, 0.25) is 0 Å². The lowest BCUT2D eigenvalue weighted by Crippen LogP contribution is -2.53. The third-order valence-electron chi connectivity index (χ3n) is 5.56. The Hall–Kier alpha value is -3.18. The zero-order chi connectivity index (χ0) is 23.5. The molecular weight excluding hydrogens is 424 g/mol. The number of hydrogen-bond acceptors (Lipinski definition) is 9. The van der Waals surface area contributed by atoms with Crippen LogP contribution in [0.1, 0.15) is 26.6 Å². The van der Waals surface area contributed by atoms with Gasteiger partial charge in [0.05, 0.1) is 24.4 Å². The number of hydrogen-bond donors (Lipinski definition) is 1. The minimum absolute atomic E-state index is 0.0220. The number of rotatable bonds is 7. The fourth-order valence-corrected chi connectivity index (χ4v) is 4.15. The Morgan fingerprint density at radius 1 is 1.21 bits per heavy atom. The highest BCUT2D eigenvalue weighted by atomic mass is 16.5. The van der Waals surface area contributed by atoms with Crippen molar-refractivity contribution in [1.29, 1.82) is 0 Å². The van der Waals surface area contributed by atoms with E-state index in [0.717, 1.165) is 5.56 Å². The van der Waals surface area contributed by atoms with E-state index < -0.39 is 6.04 Å². The maximum Gasteiger partial charge on any atom is 0.247 e. The topological polar surface area (TPSA) is 120 Å². The molecule has 176 valence electrons. The molecule has 1 amide bonds. The second kappa shape index (κ2) is 9.75. The van der Waals surface area contributed by atoms with Gasteiger partial charge in [-0.1, -0.05) is 0 Å². The number of carbonyl (C=O) groups is 1. The van der Waals surface area contributed by atoms with Gasteiger partial charge in [-0.2, -0.15) is 0 Å². The smallest absolute Gasteiger partial charge is 0.247 e. The summed E-state index contributed by atoms with van der Waals surface area (Å²) >= 11 is 0. The number of nitrogens with zero attached hydrogens (tertiary/aromatic N) is 7. The zero-order valence-electron chi connectivity index (χ0n) is 19.6. The largest absolute Gasteiger partial charge is 0.382 e. The average Bonchev–Trinajstić information content (AvgIpc) is 3.17. The van der Waals surface area contributed by atoms with Gasteiger partial charge in [0.25, 0.3) is 0 Å². The molecule has 1 N–H and O–H groups in total. The van der Waals surface area contributed by atoms with Gasteiger partial charge in [0, 0.05) is 39.1 Å². The summed E-state index contributed by atoms with van der Waals surface area (Å²) in [6.45, 7) is 9.71. The second-order valence-electron chi connectivity index (χ2n) is 8.25. The number of methoxy groups -OCH3 is 1. The standard InChI is InChI=1S/C22H30N8O3/c1-6-30-20(16-7-23-15(4)24-8-16)28-18-19(25-12-26-21(18)30)27-17(11-32-5)22(31)29-9-13(2)33-14(3)10-29/h7-8,12-14,17H,6,9-11H2,1-5H3,(H,25,26,27)/t13-,14+,17-/m1/s1. The number of nitrogens with one attached hydrogen (secondary N) is 1. The molecular formula is C22H30N8O3. The van der Waals surface area contributed by atoms with Gasteiger partial charge in [0.1, 0.15) is 24.0 Å². The molecule has 3 atom stereocenters. The molecule has 1 fully saturated rings. The van der Waals surface area contributed by atoms with Crippen molar-refractivity contribution in [3.8, 4) is 11.4 Å². The first-order valence-electron chi connectivity index (χ1n) is 11.1. The molecule has 0 spiro atoms. The molecule has 0 saturated carbocycles. The van der Waals surface area contributed by atoms with Gasteiger partial charge in [-0.15, -0.1) is 0 Å². The highest BCUT2D eigenvalue weighted by Crippen LogP contribution is 2.27. The first-order chi connectivity index (χ1) is 15.9. The van der Waals surface area contributed by atoms with Crippen LogP contribution in [0, 0.1) is 6.92 Å². The van der Waals surface area contributed by atoms with Crippen LogP contribution in [-0.4, -0.2) is 85.4 Å². The molecule has 0 unspecified atom stereocenters. The van der Waals surface area contributed by atoms with Crippen molar-refractivity contribution in [3.05, 3.63) is 24.5 Å². The molecule has 11 nitrogen and oxygen atoms in total. The third-order valence-corrected chi connectivity index (χ3v) is 5.56. The molecule has 0 aliphatic carbocycles. The van der Waals surface area contributed by atoms with Gasteiger partial charge in [-0.25, -0.2) is 24.9 Å². The molecule has 1 aliphatic heterocycles. The van der Waals surface area contributed by atoms with E-state index in [-0.39, 0.29) is 24.7 Å². The van der Waals surface area contributed by atoms with Crippen molar-refractivity contribution < 1.29 is 14.3 Å². The number of anilines is 1. The number of morpholine rings is 1. The molecule has 0 aromatic carbocycles. The molecule has 11 heteroatoms. The molecule has 4 rings (SSSR count). The Labute approximate surface area is 192 Å².